The second-order valence-electron chi connectivity index (χ2n) is 3.02. The summed E-state index contributed by atoms with van der Waals surface area (Å²) in [4.78, 5) is 2.36. The number of rotatable bonds is 2. The Morgan fingerprint density at radius 3 is 1.85 bits per heavy atom. The van der Waals surface area contributed by atoms with Gasteiger partial charge < -0.3 is 10.0 Å². The molecule has 0 spiro atoms. The summed E-state index contributed by atoms with van der Waals surface area (Å²) in [5, 5.41) is 7.86. The molecule has 0 amide bonds. The van der Waals surface area contributed by atoms with Crippen molar-refractivity contribution in [1.29, 1.82) is 0 Å². The van der Waals surface area contributed by atoms with Crippen molar-refractivity contribution < 1.29 is 18.1 Å². The Morgan fingerprint density at radius 1 is 1.31 bits per heavy atom. The van der Waals surface area contributed by atoms with Gasteiger partial charge in [0.1, 0.15) is 0 Å². The maximum Gasteiger partial charge on any atom is 0.267 e. The molecule has 0 unspecified atom stereocenters. The van der Waals surface area contributed by atoms with Crippen LogP contribution in [0.5, 0.6) is 0 Å². The highest BCUT2D eigenvalue weighted by Crippen LogP contribution is 2.02. The Bertz CT molecular complexity index is 209. The van der Waals surface area contributed by atoms with Gasteiger partial charge in [0.05, 0.1) is 12.4 Å². The molecular formula is C7H17NO4S. The minimum Gasteiger partial charge on any atom is -0.395 e. The van der Waals surface area contributed by atoms with Gasteiger partial charge in [0.25, 0.3) is 10.1 Å². The summed E-state index contributed by atoms with van der Waals surface area (Å²) in [5.41, 5.74) is 0. The second kappa shape index (κ2) is 6.31. The van der Waals surface area contributed by atoms with Gasteiger partial charge in [-0.05, 0) is 33.0 Å². The summed E-state index contributed by atoms with van der Waals surface area (Å²) in [7, 11) is -1.75. The molecule has 0 saturated carbocycles. The maximum atomic E-state index is 9.63. The van der Waals surface area contributed by atoms with E-state index >= 15 is 0 Å². The first-order chi connectivity index (χ1) is 5.95. The van der Waals surface area contributed by atoms with Gasteiger partial charge in [-0.25, -0.2) is 0 Å². The first kappa shape index (κ1) is 12.8. The molecule has 1 aliphatic heterocycles. The lowest BCUT2D eigenvalue weighted by Gasteiger charge is -2.01. The van der Waals surface area contributed by atoms with Crippen LogP contribution in [0, 0.1) is 0 Å². The number of aliphatic hydroxyl groups excluding tert-OH is 1. The van der Waals surface area contributed by atoms with Crippen LogP contribution < -0.4 is 0 Å². The summed E-state index contributed by atoms with van der Waals surface area (Å²) in [5.74, 6) is -0.576. The van der Waals surface area contributed by atoms with Crippen LogP contribution >= 0.6 is 0 Å². The third-order valence-electron chi connectivity index (χ3n) is 1.68. The highest BCUT2D eigenvalue weighted by atomic mass is 32.2. The standard InChI is InChI=1S/C5H11N.C2H6O4S/c1-6-4-2-3-5-6;3-1-2-7(4,5)6/h2-5H2,1H3;3H,1-2H2,(H,4,5,6). The maximum absolute atomic E-state index is 9.63. The van der Waals surface area contributed by atoms with E-state index in [1.165, 1.54) is 25.9 Å². The van der Waals surface area contributed by atoms with Gasteiger partial charge in [0.2, 0.25) is 0 Å². The molecule has 1 aliphatic rings. The molecule has 13 heavy (non-hydrogen) atoms. The fourth-order valence-electron chi connectivity index (χ4n) is 0.991. The molecule has 0 aromatic carbocycles. The summed E-state index contributed by atoms with van der Waals surface area (Å²) in [6.07, 6.45) is 2.83. The lowest BCUT2D eigenvalue weighted by Crippen LogP contribution is -2.10. The highest BCUT2D eigenvalue weighted by molar-refractivity contribution is 7.85. The van der Waals surface area contributed by atoms with Gasteiger partial charge in [-0.3, -0.25) is 4.55 Å². The molecule has 0 radical (unpaired) electrons. The predicted molar refractivity (Wildman–Crippen MR) is 50.2 cm³/mol. The van der Waals surface area contributed by atoms with Crippen LogP contribution in [-0.2, 0) is 10.1 Å². The number of nitrogens with zero attached hydrogens (tertiary/aromatic N) is 1. The minimum atomic E-state index is -3.92. The molecule has 0 atom stereocenters. The monoisotopic (exact) mass is 211 g/mol. The molecule has 5 nitrogen and oxygen atoms in total. The summed E-state index contributed by atoms with van der Waals surface area (Å²) >= 11 is 0. The molecule has 1 fully saturated rings. The van der Waals surface area contributed by atoms with Gasteiger partial charge in [0.15, 0.2) is 0 Å². The number of aliphatic hydroxyl groups is 1. The molecule has 6 heteroatoms. The van der Waals surface area contributed by atoms with E-state index in [1.54, 1.807) is 0 Å². The van der Waals surface area contributed by atoms with Gasteiger partial charge >= 0.3 is 0 Å². The molecule has 0 aromatic heterocycles. The van der Waals surface area contributed by atoms with Crippen molar-refractivity contribution >= 4 is 10.1 Å². The molecular weight excluding hydrogens is 194 g/mol. The Balaban J connectivity index is 0.000000223. The first-order valence-corrected chi connectivity index (χ1v) is 5.81. The first-order valence-electron chi connectivity index (χ1n) is 4.20. The van der Waals surface area contributed by atoms with Gasteiger partial charge in [-0.15, -0.1) is 0 Å². The Kier molecular flexibility index (Phi) is 6.23. The van der Waals surface area contributed by atoms with E-state index in [1.807, 2.05) is 0 Å². The van der Waals surface area contributed by atoms with Crippen molar-refractivity contribution in [2.45, 2.75) is 12.8 Å². The predicted octanol–water partition coefficient (Wildman–Crippen LogP) is -0.421. The average Bonchev–Trinajstić information content (AvgIpc) is 2.38. The van der Waals surface area contributed by atoms with Crippen LogP contribution in [0.15, 0.2) is 0 Å². The molecule has 0 bridgehead atoms. The third-order valence-corrected chi connectivity index (χ3v) is 2.38. The fraction of sp³-hybridized carbons (Fsp3) is 1.00. The Labute approximate surface area is 79.1 Å². The van der Waals surface area contributed by atoms with Crippen molar-refractivity contribution in [3.63, 3.8) is 0 Å². The summed E-state index contributed by atoms with van der Waals surface area (Å²) < 4.78 is 27.1. The number of likely N-dealkylation sites (tertiary alicyclic amines) is 1. The van der Waals surface area contributed by atoms with Crippen molar-refractivity contribution in [2.75, 3.05) is 32.5 Å². The van der Waals surface area contributed by atoms with E-state index in [0.717, 1.165) is 0 Å². The van der Waals surface area contributed by atoms with E-state index < -0.39 is 22.5 Å². The van der Waals surface area contributed by atoms with E-state index in [9.17, 15) is 8.42 Å². The SMILES string of the molecule is CN1CCCC1.O=S(=O)(O)CCO. The molecule has 80 valence electrons. The zero-order chi connectivity index (χ0) is 10.3. The van der Waals surface area contributed by atoms with Crippen molar-refractivity contribution in [1.82, 2.24) is 4.90 Å². The fourth-order valence-corrected chi connectivity index (χ4v) is 1.22. The molecule has 1 heterocycles. The Hall–Kier alpha value is -0.170. The van der Waals surface area contributed by atoms with Crippen molar-refractivity contribution in [3.8, 4) is 0 Å². The molecule has 1 saturated heterocycles. The van der Waals surface area contributed by atoms with Crippen LogP contribution in [0.2, 0.25) is 0 Å². The topological polar surface area (TPSA) is 77.8 Å². The van der Waals surface area contributed by atoms with Gasteiger partial charge in [-0.1, -0.05) is 0 Å². The van der Waals surface area contributed by atoms with E-state index in [4.69, 9.17) is 9.66 Å². The molecule has 0 aliphatic carbocycles. The van der Waals surface area contributed by atoms with Crippen molar-refractivity contribution in [3.05, 3.63) is 0 Å². The number of hydrogen-bond acceptors (Lipinski definition) is 4. The lowest BCUT2D eigenvalue weighted by atomic mass is 10.4. The van der Waals surface area contributed by atoms with Crippen LogP contribution in [0.4, 0.5) is 0 Å². The van der Waals surface area contributed by atoms with Crippen LogP contribution in [0.1, 0.15) is 12.8 Å². The van der Waals surface area contributed by atoms with Crippen molar-refractivity contribution in [2.24, 2.45) is 0 Å². The van der Waals surface area contributed by atoms with E-state index in [-0.39, 0.29) is 0 Å². The normalized spacial score (nSPS) is 18.1. The van der Waals surface area contributed by atoms with Crippen LogP contribution in [0.3, 0.4) is 0 Å². The quantitative estimate of drug-likeness (QED) is 0.606. The van der Waals surface area contributed by atoms with Gasteiger partial charge in [0, 0.05) is 0 Å². The third kappa shape index (κ3) is 9.75. The van der Waals surface area contributed by atoms with Crippen LogP contribution in [0.25, 0.3) is 0 Å². The Morgan fingerprint density at radius 2 is 1.77 bits per heavy atom. The summed E-state index contributed by atoms with van der Waals surface area (Å²) in [6.45, 7) is 2.11. The van der Waals surface area contributed by atoms with E-state index in [0.29, 0.717) is 0 Å². The number of hydrogen-bond donors (Lipinski definition) is 2. The second-order valence-corrected chi connectivity index (χ2v) is 4.59. The lowest BCUT2D eigenvalue weighted by molar-refractivity contribution is 0.315. The largest absolute Gasteiger partial charge is 0.395 e. The zero-order valence-corrected chi connectivity index (χ0v) is 8.63. The highest BCUT2D eigenvalue weighted by Gasteiger charge is 2.03. The van der Waals surface area contributed by atoms with Gasteiger partial charge in [-0.2, -0.15) is 8.42 Å². The molecule has 2 N–H and O–H groups in total. The smallest absolute Gasteiger partial charge is 0.267 e. The molecule has 0 aromatic rings. The molecule has 1 rings (SSSR count). The average molecular weight is 211 g/mol. The van der Waals surface area contributed by atoms with Crippen LogP contribution in [-0.4, -0.2) is 55.5 Å². The summed E-state index contributed by atoms with van der Waals surface area (Å²) in [6, 6.07) is 0. The zero-order valence-electron chi connectivity index (χ0n) is 7.81. The minimum absolute atomic E-state index is 0.529. The van der Waals surface area contributed by atoms with E-state index in [2.05, 4.69) is 11.9 Å².